The summed E-state index contributed by atoms with van der Waals surface area (Å²) in [6.07, 6.45) is 0. The van der Waals surface area contributed by atoms with E-state index < -0.39 is 10.8 Å². The number of non-ortho nitro benzene ring substituents is 1. The number of benzene rings is 1. The fourth-order valence-corrected chi connectivity index (χ4v) is 1.54. The number of hydrogen-bond donors (Lipinski definition) is 4. The molecule has 0 aliphatic rings. The second kappa shape index (κ2) is 5.24. The summed E-state index contributed by atoms with van der Waals surface area (Å²) < 4.78 is 1.18. The predicted molar refractivity (Wildman–Crippen MR) is 72.7 cm³/mol. The maximum atomic E-state index is 10.6. The lowest BCUT2D eigenvalue weighted by Crippen LogP contribution is -2.25. The Kier molecular flexibility index (Phi) is 3.47. The first-order valence-electron chi connectivity index (χ1n) is 5.48. The first-order chi connectivity index (χ1) is 9.95. The van der Waals surface area contributed by atoms with Crippen molar-refractivity contribution in [2.45, 2.75) is 0 Å². The molecule has 11 nitrogen and oxygen atoms in total. The number of nitro groups is 1. The van der Waals surface area contributed by atoms with Crippen LogP contribution >= 0.6 is 0 Å². The van der Waals surface area contributed by atoms with Crippen LogP contribution in [-0.2, 0) is 0 Å². The third kappa shape index (κ3) is 2.47. The highest BCUT2D eigenvalue weighted by Gasteiger charge is 2.18. The maximum Gasteiger partial charge on any atom is 0.269 e. The zero-order valence-corrected chi connectivity index (χ0v) is 10.5. The largest absolute Gasteiger partial charge is 0.409 e. The minimum Gasteiger partial charge on any atom is -0.409 e. The predicted octanol–water partition coefficient (Wildman–Crippen LogP) is -0.128. The van der Waals surface area contributed by atoms with Crippen LogP contribution in [0.3, 0.4) is 0 Å². The number of nitro benzene ring substituents is 1. The molecule has 0 unspecified atom stereocenters. The van der Waals surface area contributed by atoms with Crippen LogP contribution < -0.4 is 11.5 Å². The van der Waals surface area contributed by atoms with Gasteiger partial charge in [-0.05, 0) is 12.1 Å². The third-order valence-corrected chi connectivity index (χ3v) is 2.61. The molecular weight excluding hydrogens is 280 g/mol. The van der Waals surface area contributed by atoms with Gasteiger partial charge in [-0.3, -0.25) is 15.5 Å². The van der Waals surface area contributed by atoms with Gasteiger partial charge >= 0.3 is 0 Å². The van der Waals surface area contributed by atoms with Gasteiger partial charge in [0.05, 0.1) is 10.6 Å². The van der Waals surface area contributed by atoms with E-state index in [1.807, 2.05) is 0 Å². The molecular formula is C10H10N8O3. The summed E-state index contributed by atoms with van der Waals surface area (Å²) in [6.45, 7) is 0. The van der Waals surface area contributed by atoms with Gasteiger partial charge < -0.3 is 16.7 Å². The van der Waals surface area contributed by atoms with E-state index in [-0.39, 0.29) is 22.9 Å². The number of nitrogens with two attached hydrogens (primary N) is 2. The molecule has 2 rings (SSSR count). The standard InChI is InChI=1S/C10H10N8O3/c11-7(9(12)15-19)8-10(13)17(16-14-8)5-1-3-6(4-2-5)18(20)21/h1-4,11,19H,13H2,(H2,12,15). The summed E-state index contributed by atoms with van der Waals surface area (Å²) in [7, 11) is 0. The molecule has 1 aromatic heterocycles. The van der Waals surface area contributed by atoms with Gasteiger partial charge in [-0.25, -0.2) is 0 Å². The first-order valence-corrected chi connectivity index (χ1v) is 5.48. The molecule has 0 spiro atoms. The van der Waals surface area contributed by atoms with Crippen LogP contribution in [0.15, 0.2) is 29.4 Å². The number of anilines is 1. The van der Waals surface area contributed by atoms with E-state index in [4.69, 9.17) is 22.1 Å². The number of aromatic nitrogens is 3. The van der Waals surface area contributed by atoms with Gasteiger partial charge in [0.1, 0.15) is 5.71 Å². The monoisotopic (exact) mass is 290 g/mol. The number of oxime groups is 1. The van der Waals surface area contributed by atoms with Gasteiger partial charge in [0.2, 0.25) is 0 Å². The summed E-state index contributed by atoms with van der Waals surface area (Å²) in [5, 5.41) is 36.8. The van der Waals surface area contributed by atoms with Crippen molar-refractivity contribution in [1.82, 2.24) is 15.0 Å². The van der Waals surface area contributed by atoms with Crippen LogP contribution in [0.1, 0.15) is 5.69 Å². The molecule has 0 saturated heterocycles. The molecule has 0 radical (unpaired) electrons. The molecule has 0 saturated carbocycles. The first kappa shape index (κ1) is 13.9. The number of nitrogens with zero attached hydrogens (tertiary/aromatic N) is 5. The number of nitrogens with one attached hydrogen (secondary N) is 1. The number of rotatable bonds is 4. The van der Waals surface area contributed by atoms with E-state index in [0.29, 0.717) is 5.69 Å². The lowest BCUT2D eigenvalue weighted by molar-refractivity contribution is -0.384. The van der Waals surface area contributed by atoms with E-state index in [9.17, 15) is 10.1 Å². The summed E-state index contributed by atoms with van der Waals surface area (Å²) >= 11 is 0. The fraction of sp³-hybridized carbons (Fsp3) is 0. The summed E-state index contributed by atoms with van der Waals surface area (Å²) in [4.78, 5) is 10.1. The van der Waals surface area contributed by atoms with Gasteiger partial charge in [-0.15, -0.1) is 5.10 Å². The van der Waals surface area contributed by atoms with Crippen LogP contribution in [0.4, 0.5) is 11.5 Å². The zero-order chi connectivity index (χ0) is 15.6. The maximum absolute atomic E-state index is 10.6. The Balaban J connectivity index is 2.40. The fourth-order valence-electron chi connectivity index (χ4n) is 1.54. The van der Waals surface area contributed by atoms with Gasteiger partial charge in [0.15, 0.2) is 17.3 Å². The van der Waals surface area contributed by atoms with Gasteiger partial charge in [0, 0.05) is 12.1 Å². The Labute approximate surface area is 117 Å². The zero-order valence-electron chi connectivity index (χ0n) is 10.5. The molecule has 6 N–H and O–H groups in total. The van der Waals surface area contributed by atoms with Gasteiger partial charge in [-0.1, -0.05) is 10.4 Å². The number of nitrogen functional groups attached to an aromatic ring is 1. The second-order valence-corrected chi connectivity index (χ2v) is 3.87. The van der Waals surface area contributed by atoms with E-state index in [0.717, 1.165) is 0 Å². The topological polar surface area (TPSA) is 182 Å². The minimum atomic E-state index is -0.534. The van der Waals surface area contributed by atoms with Crippen molar-refractivity contribution in [2.24, 2.45) is 10.9 Å². The van der Waals surface area contributed by atoms with Crippen molar-refractivity contribution in [3.8, 4) is 5.69 Å². The minimum absolute atomic E-state index is 0.0135. The van der Waals surface area contributed by atoms with Crippen LogP contribution in [0.5, 0.6) is 0 Å². The average Bonchev–Trinajstić information content (AvgIpc) is 2.87. The molecule has 0 amide bonds. The van der Waals surface area contributed by atoms with Gasteiger partial charge in [0.25, 0.3) is 5.69 Å². The van der Waals surface area contributed by atoms with E-state index in [1.165, 1.54) is 28.9 Å². The van der Waals surface area contributed by atoms with E-state index >= 15 is 0 Å². The van der Waals surface area contributed by atoms with E-state index in [2.05, 4.69) is 15.5 Å². The highest BCUT2D eigenvalue weighted by atomic mass is 16.6. The Hall–Kier alpha value is -3.50. The van der Waals surface area contributed by atoms with Gasteiger partial charge in [-0.2, -0.15) is 4.68 Å². The Morgan fingerprint density at radius 1 is 1.43 bits per heavy atom. The molecule has 1 aromatic carbocycles. The quantitative estimate of drug-likeness (QED) is 0.199. The lowest BCUT2D eigenvalue weighted by Gasteiger charge is -2.03. The van der Waals surface area contributed by atoms with Crippen LogP contribution in [-0.4, -0.2) is 36.7 Å². The Bertz CT molecular complexity index is 733. The second-order valence-electron chi connectivity index (χ2n) is 3.87. The van der Waals surface area contributed by atoms with Crippen molar-refractivity contribution in [1.29, 1.82) is 5.41 Å². The van der Waals surface area contributed by atoms with Crippen LogP contribution in [0.25, 0.3) is 5.69 Å². The SMILES string of the molecule is N=C(/C(N)=N/O)c1nnn(-c2ccc([N+](=O)[O-])cc2)c1N. The Morgan fingerprint density at radius 3 is 2.57 bits per heavy atom. The normalized spacial score (nSPS) is 11.3. The average molecular weight is 290 g/mol. The molecule has 0 aliphatic carbocycles. The van der Waals surface area contributed by atoms with Crippen molar-refractivity contribution in [3.05, 3.63) is 40.1 Å². The lowest BCUT2D eigenvalue weighted by atomic mass is 10.2. The molecule has 0 bridgehead atoms. The molecule has 108 valence electrons. The summed E-state index contributed by atoms with van der Waals surface area (Å²) in [6, 6.07) is 5.43. The highest BCUT2D eigenvalue weighted by Crippen LogP contribution is 2.18. The summed E-state index contributed by atoms with van der Waals surface area (Å²) in [5.74, 6) is -0.474. The molecule has 1 heterocycles. The molecule has 21 heavy (non-hydrogen) atoms. The van der Waals surface area contributed by atoms with Crippen LogP contribution in [0.2, 0.25) is 0 Å². The van der Waals surface area contributed by atoms with E-state index in [1.54, 1.807) is 0 Å². The molecule has 0 atom stereocenters. The molecule has 2 aromatic rings. The number of hydrogen-bond acceptors (Lipinski definition) is 8. The van der Waals surface area contributed by atoms with Crippen molar-refractivity contribution >= 4 is 23.1 Å². The molecule has 0 fully saturated rings. The van der Waals surface area contributed by atoms with Crippen molar-refractivity contribution in [2.75, 3.05) is 5.73 Å². The summed E-state index contributed by atoms with van der Waals surface area (Å²) in [5.41, 5.74) is 11.0. The molecule has 0 aliphatic heterocycles. The highest BCUT2D eigenvalue weighted by molar-refractivity contribution is 6.46. The van der Waals surface area contributed by atoms with Crippen molar-refractivity contribution < 1.29 is 10.1 Å². The smallest absolute Gasteiger partial charge is 0.269 e. The van der Waals surface area contributed by atoms with Crippen molar-refractivity contribution in [3.63, 3.8) is 0 Å². The number of amidine groups is 1. The Morgan fingerprint density at radius 2 is 2.05 bits per heavy atom. The van der Waals surface area contributed by atoms with Crippen LogP contribution in [0, 0.1) is 15.5 Å². The molecule has 11 heteroatoms. The third-order valence-electron chi connectivity index (χ3n) is 2.61.